The number of carbonyl (C=O) groups is 1. The van der Waals surface area contributed by atoms with Crippen LogP contribution in [0.5, 0.6) is 0 Å². The van der Waals surface area contributed by atoms with E-state index >= 15 is 0 Å². The van der Waals surface area contributed by atoms with Crippen molar-refractivity contribution in [1.29, 1.82) is 0 Å². The number of hydrogen-bond donors (Lipinski definition) is 1. The molecule has 2 N–H and O–H groups in total. The summed E-state index contributed by atoms with van der Waals surface area (Å²) >= 11 is 0. The molecule has 0 amide bonds. The fourth-order valence-corrected chi connectivity index (χ4v) is 2.53. The molecule has 2 rings (SSSR count). The van der Waals surface area contributed by atoms with Gasteiger partial charge in [-0.3, -0.25) is 4.79 Å². The van der Waals surface area contributed by atoms with Crippen molar-refractivity contribution < 1.29 is 4.79 Å². The Morgan fingerprint density at radius 2 is 2.33 bits per heavy atom. The lowest BCUT2D eigenvalue weighted by Crippen LogP contribution is -2.21. The highest BCUT2D eigenvalue weighted by atomic mass is 16.1. The molecule has 1 aromatic heterocycles. The second kappa shape index (κ2) is 5.61. The number of nitrogens with two attached hydrogens (primary N) is 1. The van der Waals surface area contributed by atoms with Crippen molar-refractivity contribution >= 4 is 5.78 Å². The third-order valence-electron chi connectivity index (χ3n) is 3.49. The van der Waals surface area contributed by atoms with Gasteiger partial charge in [0.05, 0.1) is 6.42 Å². The van der Waals surface area contributed by atoms with Crippen LogP contribution in [0.2, 0.25) is 0 Å². The van der Waals surface area contributed by atoms with Gasteiger partial charge < -0.3 is 5.73 Å². The van der Waals surface area contributed by atoms with Gasteiger partial charge in [-0.05, 0) is 25.2 Å². The van der Waals surface area contributed by atoms with Crippen molar-refractivity contribution in [3.63, 3.8) is 0 Å². The van der Waals surface area contributed by atoms with E-state index in [0.29, 0.717) is 12.3 Å². The maximum absolute atomic E-state index is 12.2. The van der Waals surface area contributed by atoms with Crippen LogP contribution in [0.3, 0.4) is 0 Å². The zero-order valence-electron chi connectivity index (χ0n) is 11.2. The predicted molar refractivity (Wildman–Crippen MR) is 68.9 cm³/mol. The lowest BCUT2D eigenvalue weighted by Gasteiger charge is -2.10. The normalized spacial score (nSPS) is 23.8. The molecule has 5 nitrogen and oxygen atoms in total. The van der Waals surface area contributed by atoms with Crippen LogP contribution in [0.4, 0.5) is 0 Å². The van der Waals surface area contributed by atoms with Crippen LogP contribution in [0.15, 0.2) is 6.33 Å². The largest absolute Gasteiger partial charge is 0.328 e. The van der Waals surface area contributed by atoms with E-state index in [4.69, 9.17) is 5.73 Å². The molecular formula is C13H22N4O. The molecule has 0 radical (unpaired) electrons. The Morgan fingerprint density at radius 1 is 1.56 bits per heavy atom. The summed E-state index contributed by atoms with van der Waals surface area (Å²) in [6.07, 6.45) is 4.65. The molecule has 5 heteroatoms. The summed E-state index contributed by atoms with van der Waals surface area (Å²) in [6.45, 7) is 5.07. The van der Waals surface area contributed by atoms with E-state index in [1.807, 2.05) is 4.68 Å². The Hall–Kier alpha value is -1.23. The minimum Gasteiger partial charge on any atom is -0.328 e. The van der Waals surface area contributed by atoms with Gasteiger partial charge in [0.25, 0.3) is 0 Å². The van der Waals surface area contributed by atoms with E-state index in [-0.39, 0.29) is 17.7 Å². The standard InChI is InChI=1S/C13H22N4O/c1-9(2)7-17-13(15-8-16-17)6-12(18)10-3-4-11(14)5-10/h8-11H,3-7,14H2,1-2H3. The van der Waals surface area contributed by atoms with Gasteiger partial charge in [0.15, 0.2) is 0 Å². The highest BCUT2D eigenvalue weighted by Gasteiger charge is 2.28. The van der Waals surface area contributed by atoms with Crippen molar-refractivity contribution in [2.24, 2.45) is 17.6 Å². The van der Waals surface area contributed by atoms with E-state index in [2.05, 4.69) is 23.9 Å². The number of carbonyl (C=O) groups excluding carboxylic acids is 1. The molecule has 1 saturated carbocycles. The van der Waals surface area contributed by atoms with E-state index in [1.54, 1.807) is 0 Å². The van der Waals surface area contributed by atoms with Crippen LogP contribution in [-0.4, -0.2) is 26.6 Å². The highest BCUT2D eigenvalue weighted by molar-refractivity contribution is 5.82. The van der Waals surface area contributed by atoms with Crippen molar-refractivity contribution in [2.75, 3.05) is 0 Å². The Labute approximate surface area is 108 Å². The molecule has 2 atom stereocenters. The topological polar surface area (TPSA) is 73.8 Å². The number of rotatable bonds is 5. The quantitative estimate of drug-likeness (QED) is 0.851. The molecule has 1 aliphatic carbocycles. The summed E-state index contributed by atoms with van der Waals surface area (Å²) in [5.41, 5.74) is 5.85. The Morgan fingerprint density at radius 3 is 2.94 bits per heavy atom. The van der Waals surface area contributed by atoms with Crippen LogP contribution >= 0.6 is 0 Å². The molecule has 1 fully saturated rings. The fourth-order valence-electron chi connectivity index (χ4n) is 2.53. The number of hydrogen-bond acceptors (Lipinski definition) is 4. The summed E-state index contributed by atoms with van der Waals surface area (Å²) in [4.78, 5) is 16.4. The molecule has 100 valence electrons. The Balaban J connectivity index is 1.96. The second-order valence-corrected chi connectivity index (χ2v) is 5.67. The first-order valence-corrected chi connectivity index (χ1v) is 6.71. The smallest absolute Gasteiger partial charge is 0.143 e. The van der Waals surface area contributed by atoms with Gasteiger partial charge >= 0.3 is 0 Å². The average Bonchev–Trinajstić information content (AvgIpc) is 2.88. The molecule has 0 spiro atoms. The van der Waals surface area contributed by atoms with Crippen LogP contribution in [0, 0.1) is 11.8 Å². The van der Waals surface area contributed by atoms with Crippen molar-refractivity contribution in [3.05, 3.63) is 12.2 Å². The molecule has 0 bridgehead atoms. The minimum atomic E-state index is 0.129. The SMILES string of the molecule is CC(C)Cn1ncnc1CC(=O)C1CCC(N)C1. The molecule has 2 unspecified atom stereocenters. The third kappa shape index (κ3) is 3.16. The lowest BCUT2D eigenvalue weighted by molar-refractivity contribution is -0.122. The number of nitrogens with zero attached hydrogens (tertiary/aromatic N) is 3. The molecule has 1 heterocycles. The highest BCUT2D eigenvalue weighted by Crippen LogP contribution is 2.25. The monoisotopic (exact) mass is 250 g/mol. The van der Waals surface area contributed by atoms with Gasteiger partial charge in [0.1, 0.15) is 17.9 Å². The Bertz CT molecular complexity index is 413. The van der Waals surface area contributed by atoms with Gasteiger partial charge in [-0.15, -0.1) is 0 Å². The van der Waals surface area contributed by atoms with Crippen molar-refractivity contribution in [2.45, 2.75) is 52.1 Å². The van der Waals surface area contributed by atoms with Crippen LogP contribution in [0.25, 0.3) is 0 Å². The van der Waals surface area contributed by atoms with E-state index in [9.17, 15) is 4.79 Å². The average molecular weight is 250 g/mol. The number of ketones is 1. The second-order valence-electron chi connectivity index (χ2n) is 5.67. The number of aromatic nitrogens is 3. The molecule has 1 aromatic rings. The Kier molecular flexibility index (Phi) is 4.11. The summed E-state index contributed by atoms with van der Waals surface area (Å²) in [5.74, 6) is 1.68. The zero-order valence-corrected chi connectivity index (χ0v) is 11.2. The summed E-state index contributed by atoms with van der Waals surface area (Å²) in [6, 6.07) is 0.201. The molecular weight excluding hydrogens is 228 g/mol. The van der Waals surface area contributed by atoms with Crippen molar-refractivity contribution in [3.8, 4) is 0 Å². The molecule has 0 aromatic carbocycles. The molecule has 0 saturated heterocycles. The first kappa shape index (κ1) is 13.2. The molecule has 1 aliphatic rings. The maximum Gasteiger partial charge on any atom is 0.143 e. The van der Waals surface area contributed by atoms with Gasteiger partial charge in [0.2, 0.25) is 0 Å². The predicted octanol–water partition coefficient (Wildman–Crippen LogP) is 1.17. The molecule has 18 heavy (non-hydrogen) atoms. The first-order chi connectivity index (χ1) is 8.56. The maximum atomic E-state index is 12.2. The third-order valence-corrected chi connectivity index (χ3v) is 3.49. The van der Waals surface area contributed by atoms with Crippen LogP contribution < -0.4 is 5.73 Å². The summed E-state index contributed by atoms with van der Waals surface area (Å²) in [5, 5.41) is 4.18. The van der Waals surface area contributed by atoms with Gasteiger partial charge in [-0.25, -0.2) is 9.67 Å². The minimum absolute atomic E-state index is 0.129. The summed E-state index contributed by atoms with van der Waals surface area (Å²) in [7, 11) is 0. The van der Waals surface area contributed by atoms with Gasteiger partial charge in [-0.2, -0.15) is 5.10 Å². The fraction of sp³-hybridized carbons (Fsp3) is 0.769. The van der Waals surface area contributed by atoms with Gasteiger partial charge in [-0.1, -0.05) is 13.8 Å². The number of Topliss-reactive ketones (excluding diaryl/α,β-unsaturated/α-hetero) is 1. The van der Waals surface area contributed by atoms with E-state index < -0.39 is 0 Å². The lowest BCUT2D eigenvalue weighted by atomic mass is 9.99. The zero-order chi connectivity index (χ0) is 13.1. The van der Waals surface area contributed by atoms with E-state index in [0.717, 1.165) is 31.6 Å². The van der Waals surface area contributed by atoms with Gasteiger partial charge in [0, 0.05) is 18.5 Å². The van der Waals surface area contributed by atoms with Crippen molar-refractivity contribution in [1.82, 2.24) is 14.8 Å². The first-order valence-electron chi connectivity index (χ1n) is 6.71. The van der Waals surface area contributed by atoms with E-state index in [1.165, 1.54) is 6.33 Å². The summed E-state index contributed by atoms with van der Waals surface area (Å²) < 4.78 is 1.84. The van der Waals surface area contributed by atoms with Crippen LogP contribution in [-0.2, 0) is 17.8 Å². The molecule has 0 aliphatic heterocycles. The van der Waals surface area contributed by atoms with Crippen LogP contribution in [0.1, 0.15) is 38.9 Å².